The third-order valence-electron chi connectivity index (χ3n) is 9.05. The van der Waals surface area contributed by atoms with Crippen molar-refractivity contribution in [2.75, 3.05) is 0 Å². The molecule has 8 aromatic carbocycles. The third kappa shape index (κ3) is 4.00. The quantitative estimate of drug-likeness (QED) is 0.177. The first kappa shape index (κ1) is 14.2. The molecule has 0 atom stereocenters. The molecule has 0 aliphatic heterocycles. The molecule has 0 unspecified atom stereocenters. The van der Waals surface area contributed by atoms with Crippen molar-refractivity contribution < 1.29 is 30.2 Å². The molecule has 0 radical (unpaired) electrons. The molecule has 0 spiro atoms. The summed E-state index contributed by atoms with van der Waals surface area (Å²) >= 11 is 0. The molecule has 0 saturated heterocycles. The van der Waals surface area contributed by atoms with Crippen molar-refractivity contribution in [2.24, 2.45) is 0 Å². The van der Waals surface area contributed by atoms with E-state index >= 15 is 0 Å². The van der Waals surface area contributed by atoms with Crippen molar-refractivity contribution in [3.8, 4) is 28.2 Å². The summed E-state index contributed by atoms with van der Waals surface area (Å²) in [5.74, 6) is 0. The zero-order chi connectivity index (χ0) is 52.6. The van der Waals surface area contributed by atoms with E-state index in [0.717, 1.165) is 9.13 Å². The molecule has 3 heterocycles. The van der Waals surface area contributed by atoms with Gasteiger partial charge < -0.3 is 13.7 Å². The zero-order valence-electron chi connectivity index (χ0n) is 48.0. The minimum atomic E-state index is -0.932. The number of hydrogen-bond donors (Lipinski definition) is 0. The van der Waals surface area contributed by atoms with Crippen molar-refractivity contribution in [1.29, 1.82) is 0 Å². The lowest BCUT2D eigenvalue weighted by Gasteiger charge is -2.15. The number of fused-ring (bicyclic) bond motifs is 9. The molecular formula is C48H31N3. The Morgan fingerprint density at radius 3 is 1.53 bits per heavy atom. The number of nitrogens with zero attached hydrogens (tertiary/aromatic N) is 3. The number of rotatable bonds is 4. The van der Waals surface area contributed by atoms with Crippen LogP contribution in [0.3, 0.4) is 0 Å². The summed E-state index contributed by atoms with van der Waals surface area (Å²) in [6.45, 7) is 0. The monoisotopic (exact) mass is 671 g/mol. The highest BCUT2D eigenvalue weighted by atomic mass is 15.0. The molecule has 11 rings (SSSR count). The van der Waals surface area contributed by atoms with E-state index in [-0.39, 0.29) is 27.5 Å². The standard InChI is InChI=1S/C48H31N3/c1-2-15-32(16-3-1)34-17-4-9-22-40(34)51-43-25-12-7-20-37(43)38-30-29-33(31-47(38)51)49-44-26-13-8-21-39(44)48-45(49)27-14-28-46(48)50-41-23-10-5-18-35(41)36-19-6-11-24-42(36)50/h1-31H/i5D,6D,7D,8D,10D,11D,12D,13D,14D,18D,19D,20D,21D,23D,24D,25D,26D,27D,28D,29D,30D,31D. The minimum absolute atomic E-state index is 0.177. The van der Waals surface area contributed by atoms with Crippen molar-refractivity contribution in [2.45, 2.75) is 0 Å². The second-order valence-corrected chi connectivity index (χ2v) is 11.7. The predicted molar refractivity (Wildman–Crippen MR) is 215 cm³/mol. The summed E-state index contributed by atoms with van der Waals surface area (Å²) in [5.41, 5.74) is -2.45. The van der Waals surface area contributed by atoms with E-state index in [1.54, 1.807) is 54.6 Å². The van der Waals surface area contributed by atoms with Crippen LogP contribution >= 0.6 is 0 Å². The fraction of sp³-hybridized carbons (Fsp3) is 0. The van der Waals surface area contributed by atoms with E-state index in [9.17, 15) is 15.1 Å². The Kier molecular flexibility index (Phi) is 3.01. The van der Waals surface area contributed by atoms with Crippen LogP contribution in [-0.4, -0.2) is 13.7 Å². The molecule has 0 aliphatic rings. The molecule has 3 heteroatoms. The van der Waals surface area contributed by atoms with Crippen LogP contribution in [0, 0.1) is 0 Å². The van der Waals surface area contributed by atoms with Crippen molar-refractivity contribution in [3.05, 3.63) is 188 Å². The number of benzene rings is 8. The lowest BCUT2D eigenvalue weighted by molar-refractivity contribution is 1.15. The van der Waals surface area contributed by atoms with Gasteiger partial charge in [-0.1, -0.05) is 133 Å². The van der Waals surface area contributed by atoms with Crippen LogP contribution in [0.2, 0.25) is 0 Å². The van der Waals surface area contributed by atoms with Crippen LogP contribution in [0.1, 0.15) is 30.2 Å². The fourth-order valence-corrected chi connectivity index (χ4v) is 6.98. The maximum Gasteiger partial charge on any atom is 0.0667 e. The molecule has 3 aromatic heterocycles. The molecule has 0 N–H and O–H groups in total. The average molecular weight is 672 g/mol. The van der Waals surface area contributed by atoms with Gasteiger partial charge in [-0.2, -0.15) is 0 Å². The van der Waals surface area contributed by atoms with Gasteiger partial charge in [0.25, 0.3) is 0 Å². The Bertz CT molecular complexity index is 4320. The van der Waals surface area contributed by atoms with E-state index in [1.807, 2.05) is 0 Å². The molecule has 0 bridgehead atoms. The van der Waals surface area contributed by atoms with Gasteiger partial charge in [-0.05, 0) is 60.0 Å². The van der Waals surface area contributed by atoms with Crippen LogP contribution in [0.25, 0.3) is 93.6 Å². The highest BCUT2D eigenvalue weighted by Crippen LogP contribution is 2.42. The summed E-state index contributed by atoms with van der Waals surface area (Å²) in [5, 5.41) is -2.32. The molecule has 0 saturated carbocycles. The van der Waals surface area contributed by atoms with E-state index in [4.69, 9.17) is 15.1 Å². The maximum absolute atomic E-state index is 10.3. The molecule has 238 valence electrons. The fourth-order valence-electron chi connectivity index (χ4n) is 6.98. The summed E-state index contributed by atoms with van der Waals surface area (Å²) in [4.78, 5) is 0. The van der Waals surface area contributed by atoms with E-state index < -0.39 is 188 Å². The SMILES string of the molecule is [2H]c1c([2H])c([2H])c2c(c1[2H])c1c([2H])c([2H])c(-n3c4c([2H])c([2H])c([2H])c([2H])c4c4c(-n5c6c([2H])c([2H])c([2H])c([2H])c6c6c([2H])c([2H])c([2H])c([2H])c65)c([2H])c([2H])c([2H])c43)c([2H])c1n2-c1ccccc1-c1ccccc1. The van der Waals surface area contributed by atoms with Crippen LogP contribution in [0.4, 0.5) is 0 Å². The van der Waals surface area contributed by atoms with Crippen molar-refractivity contribution in [1.82, 2.24) is 13.7 Å². The topological polar surface area (TPSA) is 14.8 Å². The Balaban J connectivity index is 1.44. The smallest absolute Gasteiger partial charge is 0.0667 e. The van der Waals surface area contributed by atoms with Gasteiger partial charge in [0.2, 0.25) is 0 Å². The van der Waals surface area contributed by atoms with Gasteiger partial charge in [0.05, 0.1) is 74.6 Å². The molecule has 0 aliphatic carbocycles. The molecular weight excluding hydrogens is 619 g/mol. The first-order chi connectivity index (χ1) is 34.5. The van der Waals surface area contributed by atoms with Gasteiger partial charge in [0, 0.05) is 43.6 Å². The molecule has 3 nitrogen and oxygen atoms in total. The minimum Gasteiger partial charge on any atom is -0.309 e. The Morgan fingerprint density at radius 2 is 0.863 bits per heavy atom. The van der Waals surface area contributed by atoms with E-state index in [0.29, 0.717) is 11.1 Å². The highest BCUT2D eigenvalue weighted by Gasteiger charge is 2.21. The summed E-state index contributed by atoms with van der Waals surface area (Å²) < 4.78 is 205. The van der Waals surface area contributed by atoms with Crippen molar-refractivity contribution >= 4 is 65.4 Å². The van der Waals surface area contributed by atoms with E-state index in [1.165, 1.54) is 4.57 Å². The van der Waals surface area contributed by atoms with Gasteiger partial charge in [0.15, 0.2) is 0 Å². The normalized spacial score (nSPS) is 18.0. The summed E-state index contributed by atoms with van der Waals surface area (Å²) in [6.07, 6.45) is 0. The largest absolute Gasteiger partial charge is 0.309 e. The first-order valence-corrected chi connectivity index (χ1v) is 15.8. The average Bonchev–Trinajstić information content (AvgIpc) is 4.05. The first-order valence-electron chi connectivity index (χ1n) is 26.8. The summed E-state index contributed by atoms with van der Waals surface area (Å²) in [7, 11) is 0. The second kappa shape index (κ2) is 10.8. The molecule has 0 amide bonds. The van der Waals surface area contributed by atoms with Gasteiger partial charge >= 0.3 is 0 Å². The number of aromatic nitrogens is 3. The second-order valence-electron chi connectivity index (χ2n) is 11.7. The third-order valence-corrected chi connectivity index (χ3v) is 9.05. The van der Waals surface area contributed by atoms with Crippen molar-refractivity contribution in [3.63, 3.8) is 0 Å². The van der Waals surface area contributed by atoms with Crippen LogP contribution in [0.15, 0.2) is 188 Å². The Hall–Kier alpha value is -6.84. The lowest BCUT2D eigenvalue weighted by Crippen LogP contribution is -1.99. The summed E-state index contributed by atoms with van der Waals surface area (Å²) in [6, 6.07) is -1.39. The Labute approximate surface area is 325 Å². The van der Waals surface area contributed by atoms with Gasteiger partial charge in [0.1, 0.15) is 0 Å². The van der Waals surface area contributed by atoms with E-state index in [2.05, 4.69) is 0 Å². The van der Waals surface area contributed by atoms with Gasteiger partial charge in [-0.25, -0.2) is 0 Å². The lowest BCUT2D eigenvalue weighted by atomic mass is 10.0. The molecule has 51 heavy (non-hydrogen) atoms. The number of hydrogen-bond acceptors (Lipinski definition) is 0. The Morgan fingerprint density at radius 1 is 0.353 bits per heavy atom. The molecule has 0 fully saturated rings. The van der Waals surface area contributed by atoms with Crippen LogP contribution in [-0.2, 0) is 0 Å². The van der Waals surface area contributed by atoms with Gasteiger partial charge in [-0.3, -0.25) is 0 Å². The van der Waals surface area contributed by atoms with Crippen LogP contribution in [0.5, 0.6) is 0 Å². The number of para-hydroxylation sites is 5. The predicted octanol–water partition coefficient (Wildman–Crippen LogP) is 12.6. The zero-order valence-corrected chi connectivity index (χ0v) is 26.0. The van der Waals surface area contributed by atoms with Gasteiger partial charge in [-0.15, -0.1) is 0 Å². The maximum atomic E-state index is 10.3. The van der Waals surface area contributed by atoms with Crippen LogP contribution < -0.4 is 0 Å². The molecule has 11 aromatic rings. The highest BCUT2D eigenvalue weighted by molar-refractivity contribution is 6.17.